The van der Waals surface area contributed by atoms with E-state index < -0.39 is 0 Å². The number of benzene rings is 1. The van der Waals surface area contributed by atoms with Crippen LogP contribution in [-0.2, 0) is 0 Å². The molecule has 0 aliphatic heterocycles. The minimum atomic E-state index is 0. The summed E-state index contributed by atoms with van der Waals surface area (Å²) in [5.74, 6) is 0. The molecule has 0 spiro atoms. The van der Waals surface area contributed by atoms with Gasteiger partial charge in [0.05, 0.1) is 0 Å². The molecule has 0 radical (unpaired) electrons. The Hall–Kier alpha value is -0.770. The van der Waals surface area contributed by atoms with Crippen molar-refractivity contribution in [1.82, 2.24) is 4.57 Å². The van der Waals surface area contributed by atoms with Gasteiger partial charge in [-0.25, -0.2) is 0 Å². The molecule has 2 rings (SSSR count). The van der Waals surface area contributed by atoms with Gasteiger partial charge in [0.15, 0.2) is 0 Å². The lowest BCUT2D eigenvalue weighted by molar-refractivity contribution is 1.08. The molecule has 2 aromatic rings. The van der Waals surface area contributed by atoms with Crippen molar-refractivity contribution in [2.45, 2.75) is 0 Å². The molecule has 0 saturated carbocycles. The third kappa shape index (κ3) is 1.88. The van der Waals surface area contributed by atoms with E-state index >= 15 is 0 Å². The van der Waals surface area contributed by atoms with E-state index in [-0.39, 0.29) is 24.0 Å². The maximum atomic E-state index is 2.08. The molecular weight excluding hydrogens is 261 g/mol. The maximum Gasteiger partial charge on any atom is 0.0449 e. The third-order valence-electron chi connectivity index (χ3n) is 1.66. The SMILES string of the molecule is I.c1ccc(-n2cccc2)cc1. The van der Waals surface area contributed by atoms with Gasteiger partial charge in [-0.15, -0.1) is 24.0 Å². The number of hydrogen-bond acceptors (Lipinski definition) is 0. The van der Waals surface area contributed by atoms with Crippen LogP contribution in [0.2, 0.25) is 0 Å². The second-order valence-corrected chi connectivity index (χ2v) is 2.43. The lowest BCUT2D eigenvalue weighted by Gasteiger charge is -1.99. The molecule has 1 aromatic heterocycles. The molecule has 0 saturated heterocycles. The number of para-hydroxylation sites is 1. The monoisotopic (exact) mass is 271 g/mol. The van der Waals surface area contributed by atoms with Crippen molar-refractivity contribution in [3.8, 4) is 5.69 Å². The van der Waals surface area contributed by atoms with Crippen molar-refractivity contribution in [1.29, 1.82) is 0 Å². The molecule has 1 aromatic carbocycles. The van der Waals surface area contributed by atoms with Crippen LogP contribution in [0.3, 0.4) is 0 Å². The van der Waals surface area contributed by atoms with Crippen molar-refractivity contribution < 1.29 is 0 Å². The lowest BCUT2D eigenvalue weighted by atomic mass is 10.3. The van der Waals surface area contributed by atoms with Gasteiger partial charge in [-0.3, -0.25) is 0 Å². The Bertz CT molecular complexity index is 313. The van der Waals surface area contributed by atoms with E-state index in [4.69, 9.17) is 0 Å². The summed E-state index contributed by atoms with van der Waals surface area (Å²) in [4.78, 5) is 0. The first-order valence-electron chi connectivity index (χ1n) is 3.65. The molecule has 12 heavy (non-hydrogen) atoms. The molecule has 0 N–H and O–H groups in total. The first-order valence-corrected chi connectivity index (χ1v) is 3.65. The zero-order valence-electron chi connectivity index (χ0n) is 6.55. The Morgan fingerprint density at radius 1 is 0.750 bits per heavy atom. The summed E-state index contributed by atoms with van der Waals surface area (Å²) in [5, 5.41) is 0. The number of hydrogen-bond donors (Lipinski definition) is 0. The Kier molecular flexibility index (Phi) is 3.34. The van der Waals surface area contributed by atoms with Crippen molar-refractivity contribution in [2.24, 2.45) is 0 Å². The van der Waals surface area contributed by atoms with E-state index in [0.717, 1.165) is 0 Å². The third-order valence-corrected chi connectivity index (χ3v) is 1.66. The number of halogens is 1. The van der Waals surface area contributed by atoms with Gasteiger partial charge in [-0.1, -0.05) is 18.2 Å². The molecule has 0 amide bonds. The van der Waals surface area contributed by atoms with Crippen molar-refractivity contribution >= 4 is 24.0 Å². The van der Waals surface area contributed by atoms with Gasteiger partial charge in [0.2, 0.25) is 0 Å². The first kappa shape index (κ1) is 9.32. The molecule has 0 fully saturated rings. The summed E-state index contributed by atoms with van der Waals surface area (Å²) in [6.07, 6.45) is 4.07. The summed E-state index contributed by atoms with van der Waals surface area (Å²) >= 11 is 0. The van der Waals surface area contributed by atoms with Crippen LogP contribution in [0, 0.1) is 0 Å². The summed E-state index contributed by atoms with van der Waals surface area (Å²) in [6.45, 7) is 0. The highest BCUT2D eigenvalue weighted by Crippen LogP contribution is 2.05. The highest BCUT2D eigenvalue weighted by Gasteiger charge is 1.88. The van der Waals surface area contributed by atoms with Gasteiger partial charge in [-0.05, 0) is 24.3 Å². The van der Waals surface area contributed by atoms with Gasteiger partial charge in [-0.2, -0.15) is 0 Å². The second-order valence-electron chi connectivity index (χ2n) is 2.43. The van der Waals surface area contributed by atoms with Gasteiger partial charge < -0.3 is 4.57 Å². The quantitative estimate of drug-likeness (QED) is 0.702. The van der Waals surface area contributed by atoms with E-state index in [2.05, 4.69) is 16.7 Å². The minimum Gasteiger partial charge on any atom is -0.324 e. The van der Waals surface area contributed by atoms with Gasteiger partial charge in [0.25, 0.3) is 0 Å². The van der Waals surface area contributed by atoms with Crippen molar-refractivity contribution in [2.75, 3.05) is 0 Å². The normalized spacial score (nSPS) is 9.00. The summed E-state index contributed by atoms with van der Waals surface area (Å²) in [7, 11) is 0. The zero-order chi connectivity index (χ0) is 7.52. The standard InChI is InChI=1S/C10H9N.HI/c1-2-6-10(7-3-1)11-8-4-5-9-11;/h1-9H;1H. The fourth-order valence-electron chi connectivity index (χ4n) is 1.11. The smallest absolute Gasteiger partial charge is 0.0449 e. The Labute approximate surface area is 89.1 Å². The molecule has 0 aliphatic carbocycles. The predicted molar refractivity (Wildman–Crippen MR) is 61.2 cm³/mol. The van der Waals surface area contributed by atoms with Gasteiger partial charge >= 0.3 is 0 Å². The van der Waals surface area contributed by atoms with Crippen LogP contribution < -0.4 is 0 Å². The largest absolute Gasteiger partial charge is 0.324 e. The fourth-order valence-corrected chi connectivity index (χ4v) is 1.11. The summed E-state index contributed by atoms with van der Waals surface area (Å²) < 4.78 is 2.08. The molecule has 0 bridgehead atoms. The van der Waals surface area contributed by atoms with E-state index in [9.17, 15) is 0 Å². The highest BCUT2D eigenvalue weighted by atomic mass is 127. The molecule has 1 nitrogen and oxygen atoms in total. The van der Waals surface area contributed by atoms with Crippen molar-refractivity contribution in [3.05, 3.63) is 54.9 Å². The lowest BCUT2D eigenvalue weighted by Crippen LogP contribution is -1.86. The number of rotatable bonds is 1. The second kappa shape index (κ2) is 4.30. The molecule has 62 valence electrons. The van der Waals surface area contributed by atoms with Crippen LogP contribution in [-0.4, -0.2) is 4.57 Å². The molecular formula is C10H10IN. The first-order chi connectivity index (χ1) is 5.47. The average Bonchev–Trinajstić information content (AvgIpc) is 2.58. The van der Waals surface area contributed by atoms with Crippen LogP contribution >= 0.6 is 24.0 Å². The van der Waals surface area contributed by atoms with Gasteiger partial charge in [0.1, 0.15) is 0 Å². The number of nitrogens with zero attached hydrogens (tertiary/aromatic N) is 1. The van der Waals surface area contributed by atoms with Crippen LogP contribution in [0.4, 0.5) is 0 Å². The molecule has 0 atom stereocenters. The summed E-state index contributed by atoms with van der Waals surface area (Å²) in [6, 6.07) is 14.3. The van der Waals surface area contributed by atoms with Crippen LogP contribution in [0.1, 0.15) is 0 Å². The van der Waals surface area contributed by atoms with Gasteiger partial charge in [0, 0.05) is 18.1 Å². The van der Waals surface area contributed by atoms with Crippen LogP contribution in [0.5, 0.6) is 0 Å². The minimum absolute atomic E-state index is 0. The molecule has 2 heteroatoms. The van der Waals surface area contributed by atoms with Crippen molar-refractivity contribution in [3.63, 3.8) is 0 Å². The van der Waals surface area contributed by atoms with E-state index in [0.29, 0.717) is 0 Å². The average molecular weight is 271 g/mol. The number of aromatic nitrogens is 1. The van der Waals surface area contributed by atoms with E-state index in [1.54, 1.807) is 0 Å². The predicted octanol–water partition coefficient (Wildman–Crippen LogP) is 3.10. The maximum absolute atomic E-state index is 2.08. The Morgan fingerprint density at radius 2 is 1.33 bits per heavy atom. The molecule has 1 heterocycles. The Morgan fingerprint density at radius 3 is 1.92 bits per heavy atom. The molecule has 0 unspecified atom stereocenters. The topological polar surface area (TPSA) is 4.93 Å². The zero-order valence-corrected chi connectivity index (χ0v) is 8.88. The van der Waals surface area contributed by atoms with E-state index in [1.807, 2.05) is 42.7 Å². The molecule has 0 aliphatic rings. The van der Waals surface area contributed by atoms with Crippen LogP contribution in [0.15, 0.2) is 54.9 Å². The Balaban J connectivity index is 0.000000720. The summed E-state index contributed by atoms with van der Waals surface area (Å²) in [5.41, 5.74) is 1.21. The fraction of sp³-hybridized carbons (Fsp3) is 0. The van der Waals surface area contributed by atoms with E-state index in [1.165, 1.54) is 5.69 Å². The van der Waals surface area contributed by atoms with Crippen LogP contribution in [0.25, 0.3) is 5.69 Å². The highest BCUT2D eigenvalue weighted by molar-refractivity contribution is 14.0.